The minimum atomic E-state index is 0.149. The van der Waals surface area contributed by atoms with Crippen molar-refractivity contribution in [2.45, 2.75) is 212 Å². The first kappa shape index (κ1) is 53.1. The molecule has 0 aliphatic rings. The molecule has 0 heterocycles. The number of hydrogen-bond donors (Lipinski definition) is 1. The van der Waals surface area contributed by atoms with Gasteiger partial charge in [-0.2, -0.15) is 0 Å². The van der Waals surface area contributed by atoms with E-state index in [9.17, 15) is 0 Å². The van der Waals surface area contributed by atoms with Crippen LogP contribution in [0, 0.1) is 0 Å². The molecule has 316 valence electrons. The van der Waals surface area contributed by atoms with Crippen molar-refractivity contribution in [3.05, 3.63) is 128 Å². The van der Waals surface area contributed by atoms with E-state index in [1.165, 1.54) is 119 Å². The first-order chi connectivity index (χ1) is 26.7. The molecule has 0 atom stereocenters. The fourth-order valence-electron chi connectivity index (χ4n) is 6.68. The predicted molar refractivity (Wildman–Crippen MR) is 256 cm³/mol. The van der Waals surface area contributed by atoms with E-state index >= 15 is 0 Å². The Labute approximate surface area is 350 Å². The van der Waals surface area contributed by atoms with Crippen molar-refractivity contribution in [2.75, 3.05) is 6.61 Å². The third-order valence-corrected chi connectivity index (χ3v) is 10.8. The maximum atomic E-state index is 8.99. The number of rotatable bonds is 31. The van der Waals surface area contributed by atoms with E-state index in [1.807, 2.05) is 6.08 Å². The minimum Gasteiger partial charge on any atom is -0.392 e. The van der Waals surface area contributed by atoms with E-state index in [-0.39, 0.29) is 6.61 Å². The molecule has 0 spiro atoms. The Morgan fingerprint density at radius 3 is 0.518 bits per heavy atom. The van der Waals surface area contributed by atoms with Gasteiger partial charge in [0.2, 0.25) is 0 Å². The molecule has 0 bridgehead atoms. The number of aliphatic hydroxyl groups excluding tert-OH is 1. The molecule has 0 rings (SSSR count). The summed E-state index contributed by atoms with van der Waals surface area (Å²) >= 11 is 0. The van der Waals surface area contributed by atoms with Crippen LogP contribution in [0.3, 0.4) is 0 Å². The van der Waals surface area contributed by atoms with Crippen molar-refractivity contribution < 1.29 is 5.11 Å². The van der Waals surface area contributed by atoms with Crippen LogP contribution in [-0.4, -0.2) is 11.7 Å². The summed E-state index contributed by atoms with van der Waals surface area (Å²) in [6, 6.07) is 0. The largest absolute Gasteiger partial charge is 0.392 e. The summed E-state index contributed by atoms with van der Waals surface area (Å²) < 4.78 is 0. The highest BCUT2D eigenvalue weighted by atomic mass is 16.2. The van der Waals surface area contributed by atoms with E-state index < -0.39 is 0 Å². The fraction of sp³-hybridized carbons (Fsp3) is 0.600. The molecule has 0 radical (unpaired) electrons. The zero-order chi connectivity index (χ0) is 42.0. The van der Waals surface area contributed by atoms with Gasteiger partial charge in [0, 0.05) is 0 Å². The summed E-state index contributed by atoms with van der Waals surface area (Å²) in [7, 11) is 0. The highest BCUT2D eigenvalue weighted by Gasteiger charge is 1.98. The van der Waals surface area contributed by atoms with Crippen molar-refractivity contribution in [3.63, 3.8) is 0 Å². The summed E-state index contributed by atoms with van der Waals surface area (Å²) in [5.74, 6) is 0. The Kier molecular flexibility index (Phi) is 33.5. The Hall–Kier alpha value is -2.90. The van der Waals surface area contributed by atoms with Crippen molar-refractivity contribution in [2.24, 2.45) is 0 Å². The summed E-state index contributed by atoms with van der Waals surface area (Å²) in [6.45, 7) is 27.2. The molecule has 1 nitrogen and oxygen atoms in total. The Morgan fingerprint density at radius 1 is 0.232 bits per heavy atom. The zero-order valence-electron chi connectivity index (χ0n) is 39.1. The van der Waals surface area contributed by atoms with Crippen LogP contribution >= 0.6 is 0 Å². The Morgan fingerprint density at radius 2 is 0.375 bits per heavy atom. The normalized spacial score (nSPS) is 14.9. The van der Waals surface area contributed by atoms with Gasteiger partial charge in [0.05, 0.1) is 6.61 Å². The van der Waals surface area contributed by atoms with Crippen LogP contribution in [0.15, 0.2) is 128 Å². The fourth-order valence-corrected chi connectivity index (χ4v) is 6.68. The number of aliphatic hydroxyl groups is 1. The van der Waals surface area contributed by atoms with Gasteiger partial charge in [0.15, 0.2) is 0 Å². The van der Waals surface area contributed by atoms with Crippen molar-refractivity contribution in [1.29, 1.82) is 0 Å². The second-order valence-electron chi connectivity index (χ2n) is 17.4. The average molecular weight is 767 g/mol. The van der Waals surface area contributed by atoms with Crippen LogP contribution < -0.4 is 0 Å². The summed E-state index contributed by atoms with van der Waals surface area (Å²) in [5.41, 5.74) is 16.4. The quantitative estimate of drug-likeness (QED) is 0.0697. The third-order valence-electron chi connectivity index (χ3n) is 10.8. The van der Waals surface area contributed by atoms with E-state index in [4.69, 9.17) is 5.11 Å². The Bertz CT molecular complexity index is 1410. The Balaban J connectivity index is 4.26. The number of hydrogen-bond acceptors (Lipinski definition) is 1. The molecule has 0 aromatic rings. The van der Waals surface area contributed by atoms with E-state index in [0.29, 0.717) is 0 Å². The molecular weight excluding hydrogens is 677 g/mol. The van der Waals surface area contributed by atoms with E-state index in [2.05, 4.69) is 144 Å². The molecule has 0 amide bonds. The van der Waals surface area contributed by atoms with Gasteiger partial charge in [-0.25, -0.2) is 0 Å². The summed E-state index contributed by atoms with van der Waals surface area (Å²) in [6.07, 6.45) is 49.3. The SMILES string of the molecule is CC(C)=CCC/C(C)=C/CC/C(C)=C/CC/C(C)=C/CC/C(C)=C/CC/C(C)=C/CC/C(C)=C/CC/C(C)=C/CC/C(C)=C\CC/C(C)=C\CC/C(C)=C/CO. The molecule has 0 fully saturated rings. The van der Waals surface area contributed by atoms with Gasteiger partial charge >= 0.3 is 0 Å². The van der Waals surface area contributed by atoms with E-state index in [0.717, 1.165) is 70.6 Å². The molecule has 0 aliphatic carbocycles. The van der Waals surface area contributed by atoms with Crippen molar-refractivity contribution >= 4 is 0 Å². The van der Waals surface area contributed by atoms with Crippen molar-refractivity contribution in [1.82, 2.24) is 0 Å². The molecule has 56 heavy (non-hydrogen) atoms. The molecule has 0 saturated carbocycles. The smallest absolute Gasteiger partial charge is 0.0614 e. The molecular formula is C55H90O. The van der Waals surface area contributed by atoms with Gasteiger partial charge in [0.25, 0.3) is 0 Å². The predicted octanol–water partition coefficient (Wildman–Crippen LogP) is 18.2. The topological polar surface area (TPSA) is 20.2 Å². The van der Waals surface area contributed by atoms with Gasteiger partial charge in [-0.15, -0.1) is 0 Å². The first-order valence-corrected chi connectivity index (χ1v) is 22.5. The number of allylic oxidation sites excluding steroid dienone is 21. The lowest BCUT2D eigenvalue weighted by Crippen LogP contribution is -1.84. The maximum Gasteiger partial charge on any atom is 0.0614 e. The highest BCUT2D eigenvalue weighted by molar-refractivity contribution is 5.11. The van der Waals surface area contributed by atoms with Crippen LogP contribution in [0.5, 0.6) is 0 Å². The van der Waals surface area contributed by atoms with Gasteiger partial charge in [-0.1, -0.05) is 128 Å². The van der Waals surface area contributed by atoms with Gasteiger partial charge in [0.1, 0.15) is 0 Å². The van der Waals surface area contributed by atoms with Crippen LogP contribution in [0.2, 0.25) is 0 Å². The van der Waals surface area contributed by atoms with Crippen LogP contribution in [-0.2, 0) is 0 Å². The summed E-state index contributed by atoms with van der Waals surface area (Å²) in [5, 5.41) is 8.99. The summed E-state index contributed by atoms with van der Waals surface area (Å²) in [4.78, 5) is 0. The zero-order valence-corrected chi connectivity index (χ0v) is 39.1. The first-order valence-electron chi connectivity index (χ1n) is 22.5. The van der Waals surface area contributed by atoms with Gasteiger partial charge in [-0.3, -0.25) is 0 Å². The lowest BCUT2D eigenvalue weighted by atomic mass is 10.0. The molecule has 0 aliphatic heterocycles. The van der Waals surface area contributed by atoms with Gasteiger partial charge in [-0.05, 0) is 212 Å². The molecule has 0 saturated heterocycles. The second-order valence-corrected chi connectivity index (χ2v) is 17.4. The van der Waals surface area contributed by atoms with Crippen LogP contribution in [0.1, 0.15) is 212 Å². The minimum absolute atomic E-state index is 0.149. The van der Waals surface area contributed by atoms with Crippen molar-refractivity contribution in [3.8, 4) is 0 Å². The lowest BCUT2D eigenvalue weighted by Gasteiger charge is -2.04. The van der Waals surface area contributed by atoms with E-state index in [1.54, 1.807) is 0 Å². The molecule has 0 aromatic carbocycles. The molecule has 1 heteroatoms. The van der Waals surface area contributed by atoms with Crippen LogP contribution in [0.4, 0.5) is 0 Å². The standard InChI is InChI=1S/C55H90O/c1-45(2)23-13-24-46(3)25-14-26-47(4)27-15-28-48(5)29-16-30-49(6)31-17-32-50(7)33-18-34-51(8)35-19-36-52(9)37-20-38-53(10)39-21-40-54(11)41-22-42-55(12)43-44-56/h23,25,27,29,31,33,35,37,39,41,43,56H,13-22,24,26,28,30,32,34,36,38,40,42,44H2,1-12H3/b46-25+,47-27+,48-29+,49-31+,50-33+,51-35+,52-37+,53-39-,54-41-,55-43+. The molecule has 0 aromatic heterocycles. The molecule has 1 N–H and O–H groups in total. The monoisotopic (exact) mass is 767 g/mol. The second kappa shape index (κ2) is 35.3. The average Bonchev–Trinajstić information content (AvgIpc) is 3.11. The van der Waals surface area contributed by atoms with Crippen LogP contribution in [0.25, 0.3) is 0 Å². The lowest BCUT2D eigenvalue weighted by molar-refractivity contribution is 0.341. The van der Waals surface area contributed by atoms with Gasteiger partial charge < -0.3 is 5.11 Å². The maximum absolute atomic E-state index is 8.99. The highest BCUT2D eigenvalue weighted by Crippen LogP contribution is 2.18. The molecule has 0 unspecified atom stereocenters. The third kappa shape index (κ3) is 35.5.